The number of hydrogen-bond donors (Lipinski definition) is 1. The molecule has 2 N–H and O–H groups in total. The minimum absolute atomic E-state index is 0.0118. The summed E-state index contributed by atoms with van der Waals surface area (Å²) in [5.41, 5.74) is 7.04. The SMILES string of the molecule is C[C@@H]1O[C@@H](C)Cc2c1sc(N)c2C(=O)OC(C)(C)C. The first-order chi connectivity index (χ1) is 8.69. The Balaban J connectivity index is 2.39. The molecule has 0 spiro atoms. The van der Waals surface area contributed by atoms with Gasteiger partial charge in [-0.15, -0.1) is 11.3 Å². The Bertz CT molecular complexity index is 502. The minimum Gasteiger partial charge on any atom is -0.456 e. The summed E-state index contributed by atoms with van der Waals surface area (Å²) in [7, 11) is 0. The molecule has 0 bridgehead atoms. The molecule has 19 heavy (non-hydrogen) atoms. The third-order valence-corrected chi connectivity index (χ3v) is 4.19. The molecule has 0 aliphatic carbocycles. The van der Waals surface area contributed by atoms with E-state index in [1.807, 2.05) is 34.6 Å². The van der Waals surface area contributed by atoms with Crippen molar-refractivity contribution < 1.29 is 14.3 Å². The van der Waals surface area contributed by atoms with Crippen molar-refractivity contribution in [1.82, 2.24) is 0 Å². The smallest absolute Gasteiger partial charge is 0.341 e. The Labute approximate surface area is 117 Å². The van der Waals surface area contributed by atoms with E-state index < -0.39 is 5.60 Å². The fourth-order valence-electron chi connectivity index (χ4n) is 2.33. The minimum atomic E-state index is -0.513. The Hall–Kier alpha value is -1.07. The number of fused-ring (bicyclic) bond motifs is 1. The van der Waals surface area contributed by atoms with Gasteiger partial charge in [0.1, 0.15) is 10.6 Å². The highest BCUT2D eigenvalue weighted by Crippen LogP contribution is 2.41. The number of nitrogen functional groups attached to an aromatic ring is 1. The lowest BCUT2D eigenvalue weighted by molar-refractivity contribution is -0.00384. The molecule has 1 aromatic rings. The number of esters is 1. The van der Waals surface area contributed by atoms with Gasteiger partial charge in [-0.1, -0.05) is 0 Å². The van der Waals surface area contributed by atoms with Crippen LogP contribution in [0.3, 0.4) is 0 Å². The fraction of sp³-hybridized carbons (Fsp3) is 0.643. The van der Waals surface area contributed by atoms with Crippen molar-refractivity contribution in [1.29, 1.82) is 0 Å². The molecule has 1 aliphatic heterocycles. The predicted molar refractivity (Wildman–Crippen MR) is 76.6 cm³/mol. The number of ether oxygens (including phenoxy) is 2. The van der Waals surface area contributed by atoms with Crippen molar-refractivity contribution in [3.8, 4) is 0 Å². The summed E-state index contributed by atoms with van der Waals surface area (Å²) in [5, 5.41) is 0.531. The monoisotopic (exact) mass is 283 g/mol. The van der Waals surface area contributed by atoms with Gasteiger partial charge in [0.2, 0.25) is 0 Å². The van der Waals surface area contributed by atoms with Crippen molar-refractivity contribution >= 4 is 22.3 Å². The summed E-state index contributed by atoms with van der Waals surface area (Å²) in [5.74, 6) is -0.330. The lowest BCUT2D eigenvalue weighted by Gasteiger charge is -2.26. The summed E-state index contributed by atoms with van der Waals surface area (Å²) < 4.78 is 11.2. The first-order valence-corrected chi connectivity index (χ1v) is 7.30. The normalized spacial score (nSPS) is 23.0. The second-order valence-corrected chi connectivity index (χ2v) is 7.06. The van der Waals surface area contributed by atoms with E-state index in [9.17, 15) is 4.79 Å². The number of anilines is 1. The van der Waals surface area contributed by atoms with Gasteiger partial charge in [-0.2, -0.15) is 0 Å². The van der Waals surface area contributed by atoms with Gasteiger partial charge >= 0.3 is 5.97 Å². The van der Waals surface area contributed by atoms with Gasteiger partial charge in [-0.05, 0) is 40.2 Å². The van der Waals surface area contributed by atoms with E-state index in [1.165, 1.54) is 11.3 Å². The average molecular weight is 283 g/mol. The number of rotatable bonds is 1. The van der Waals surface area contributed by atoms with Gasteiger partial charge in [0, 0.05) is 11.3 Å². The summed E-state index contributed by atoms with van der Waals surface area (Å²) in [6.45, 7) is 9.56. The largest absolute Gasteiger partial charge is 0.456 e. The van der Waals surface area contributed by atoms with Crippen LogP contribution in [0.5, 0.6) is 0 Å². The van der Waals surface area contributed by atoms with E-state index in [-0.39, 0.29) is 18.2 Å². The molecule has 1 aliphatic rings. The van der Waals surface area contributed by atoms with Gasteiger partial charge < -0.3 is 15.2 Å². The van der Waals surface area contributed by atoms with Crippen molar-refractivity contribution in [3.05, 3.63) is 16.0 Å². The van der Waals surface area contributed by atoms with Crippen LogP contribution < -0.4 is 5.73 Å². The molecule has 2 rings (SSSR count). The molecular formula is C14H21NO3S. The van der Waals surface area contributed by atoms with Gasteiger partial charge in [-0.3, -0.25) is 0 Å². The van der Waals surface area contributed by atoms with E-state index in [4.69, 9.17) is 15.2 Å². The first kappa shape index (κ1) is 14.3. The topological polar surface area (TPSA) is 61.5 Å². The maximum Gasteiger partial charge on any atom is 0.341 e. The van der Waals surface area contributed by atoms with Crippen LogP contribution in [0.2, 0.25) is 0 Å². The van der Waals surface area contributed by atoms with Crippen LogP contribution in [-0.4, -0.2) is 17.7 Å². The molecule has 0 radical (unpaired) electrons. The maximum absolute atomic E-state index is 12.3. The van der Waals surface area contributed by atoms with E-state index in [2.05, 4.69) is 0 Å². The molecule has 4 nitrogen and oxygen atoms in total. The zero-order valence-electron chi connectivity index (χ0n) is 12.1. The van der Waals surface area contributed by atoms with E-state index in [1.54, 1.807) is 0 Å². The highest BCUT2D eigenvalue weighted by Gasteiger charge is 2.32. The van der Waals surface area contributed by atoms with E-state index in [0.717, 1.165) is 10.4 Å². The maximum atomic E-state index is 12.3. The first-order valence-electron chi connectivity index (χ1n) is 6.49. The summed E-state index contributed by atoms with van der Waals surface area (Å²) in [6, 6.07) is 0. The third kappa shape index (κ3) is 2.92. The van der Waals surface area contributed by atoms with Crippen LogP contribution in [0.25, 0.3) is 0 Å². The van der Waals surface area contributed by atoms with E-state index >= 15 is 0 Å². The summed E-state index contributed by atoms with van der Waals surface area (Å²) in [4.78, 5) is 13.3. The molecule has 0 saturated carbocycles. The van der Waals surface area contributed by atoms with Crippen molar-refractivity contribution in [2.45, 2.75) is 58.8 Å². The van der Waals surface area contributed by atoms with E-state index in [0.29, 0.717) is 17.0 Å². The lowest BCUT2D eigenvalue weighted by atomic mass is 9.99. The third-order valence-electron chi connectivity index (χ3n) is 2.97. The molecule has 0 saturated heterocycles. The van der Waals surface area contributed by atoms with Crippen LogP contribution >= 0.6 is 11.3 Å². The highest BCUT2D eigenvalue weighted by atomic mass is 32.1. The molecule has 0 fully saturated rings. The van der Waals surface area contributed by atoms with Crippen molar-refractivity contribution in [2.75, 3.05) is 5.73 Å². The van der Waals surface area contributed by atoms with Gasteiger partial charge in [-0.25, -0.2) is 4.79 Å². The molecule has 0 amide bonds. The second kappa shape index (κ2) is 4.80. The second-order valence-electron chi connectivity index (χ2n) is 5.98. The van der Waals surface area contributed by atoms with Crippen LogP contribution in [0, 0.1) is 0 Å². The average Bonchev–Trinajstić information content (AvgIpc) is 2.52. The quantitative estimate of drug-likeness (QED) is 0.803. The predicted octanol–water partition coefficient (Wildman–Crippen LogP) is 3.31. The number of nitrogens with two attached hydrogens (primary N) is 1. The van der Waals surface area contributed by atoms with Crippen LogP contribution in [0.4, 0.5) is 5.00 Å². The Kier molecular flexibility index (Phi) is 3.62. The molecule has 5 heteroatoms. The van der Waals surface area contributed by atoms with Crippen LogP contribution in [0.15, 0.2) is 0 Å². The lowest BCUT2D eigenvalue weighted by Crippen LogP contribution is -2.26. The fourth-order valence-corrected chi connectivity index (χ4v) is 3.41. The van der Waals surface area contributed by atoms with Crippen LogP contribution in [-0.2, 0) is 15.9 Å². The molecule has 2 heterocycles. The van der Waals surface area contributed by atoms with Gasteiger partial charge in [0.25, 0.3) is 0 Å². The number of carbonyl (C=O) groups excluding carboxylic acids is 1. The Morgan fingerprint density at radius 2 is 2.05 bits per heavy atom. The standard InChI is InChI=1S/C14H21NO3S/c1-7-6-9-10(13(16)18-14(3,4)5)12(15)19-11(9)8(2)17-7/h7-8H,6,15H2,1-5H3/t7-,8-/m0/s1. The van der Waals surface area contributed by atoms with Crippen LogP contribution in [0.1, 0.15) is 61.5 Å². The summed E-state index contributed by atoms with van der Waals surface area (Å²) >= 11 is 1.43. The number of hydrogen-bond acceptors (Lipinski definition) is 5. The molecule has 0 unspecified atom stereocenters. The highest BCUT2D eigenvalue weighted by molar-refractivity contribution is 7.16. The zero-order valence-corrected chi connectivity index (χ0v) is 12.9. The number of carbonyl (C=O) groups is 1. The van der Waals surface area contributed by atoms with Crippen molar-refractivity contribution in [3.63, 3.8) is 0 Å². The zero-order chi connectivity index (χ0) is 14.4. The molecule has 2 atom stereocenters. The Morgan fingerprint density at radius 1 is 1.42 bits per heavy atom. The van der Waals surface area contributed by atoms with Gasteiger partial charge in [0.05, 0.1) is 17.8 Å². The van der Waals surface area contributed by atoms with Gasteiger partial charge in [0.15, 0.2) is 0 Å². The van der Waals surface area contributed by atoms with Crippen molar-refractivity contribution in [2.24, 2.45) is 0 Å². The molecule has 1 aromatic heterocycles. The molecular weight excluding hydrogens is 262 g/mol. The summed E-state index contributed by atoms with van der Waals surface area (Å²) in [6.07, 6.45) is 0.794. The number of thiophene rings is 1. The molecule has 106 valence electrons. The Morgan fingerprint density at radius 3 is 2.63 bits per heavy atom. The molecule has 0 aromatic carbocycles.